The number of rotatable bonds is 21. The quantitative estimate of drug-likeness (QED) is 0.0306. The number of hydrogen-bond acceptors (Lipinski definition) is 9. The van der Waals surface area contributed by atoms with Crippen molar-refractivity contribution in [1.29, 1.82) is 0 Å². The molecule has 0 saturated heterocycles. The Labute approximate surface area is 389 Å². The summed E-state index contributed by atoms with van der Waals surface area (Å²) in [6, 6.07) is 19.8. The molecule has 2 aromatic heterocycles. The van der Waals surface area contributed by atoms with E-state index in [-0.39, 0.29) is 5.92 Å². The van der Waals surface area contributed by atoms with Crippen LogP contribution >= 0.6 is 0 Å². The van der Waals surface area contributed by atoms with Crippen LogP contribution in [0, 0.1) is 0 Å². The number of hydrogen-bond donors (Lipinski definition) is 0. The van der Waals surface area contributed by atoms with E-state index in [9.17, 15) is 14.4 Å². The van der Waals surface area contributed by atoms with Gasteiger partial charge in [-0.2, -0.15) is 0 Å². The summed E-state index contributed by atoms with van der Waals surface area (Å²) in [4.78, 5) is 51.3. The maximum absolute atomic E-state index is 11.9. The standard InChI is InChI=1S/C55H67N5O6/c1-10-13-16-19-22-44-43-26-23-40(34(4)56-64-37(7)61)31-45(43)51-50(44)52-46-32-41(35(5)57-65-38(8)62)24-27-48(46)59(29-20-17-14-11-2)55(52)53-47-33-42(36(6)58-66-39(9)63)25-28-49(47)60(54(51)53)30-21-18-15-12-3/h23-28,31-33,44H,10-22,29-30H2,1-9H3/b56-34+,57-35+,58-36+. The second kappa shape index (κ2) is 21.5. The van der Waals surface area contributed by atoms with Crippen molar-refractivity contribution in [2.24, 2.45) is 15.5 Å². The van der Waals surface area contributed by atoms with Gasteiger partial charge in [0.15, 0.2) is 0 Å². The lowest BCUT2D eigenvalue weighted by Gasteiger charge is -2.18. The second-order valence-electron chi connectivity index (χ2n) is 18.1. The smallest absolute Gasteiger partial charge is 0.331 e. The van der Waals surface area contributed by atoms with Gasteiger partial charge in [0.25, 0.3) is 0 Å². The number of unbranched alkanes of at least 4 members (excludes halogenated alkanes) is 9. The van der Waals surface area contributed by atoms with Gasteiger partial charge in [-0.25, -0.2) is 14.4 Å². The van der Waals surface area contributed by atoms with Crippen molar-refractivity contribution in [2.75, 3.05) is 0 Å². The van der Waals surface area contributed by atoms with Crippen LogP contribution in [0.3, 0.4) is 0 Å². The van der Waals surface area contributed by atoms with E-state index in [0.717, 1.165) is 129 Å². The normalized spacial score (nSPS) is 14.1. The third-order valence-electron chi connectivity index (χ3n) is 13.2. The third-order valence-corrected chi connectivity index (χ3v) is 13.2. The third kappa shape index (κ3) is 9.86. The van der Waals surface area contributed by atoms with Crippen molar-refractivity contribution in [3.05, 3.63) is 82.4 Å². The molecule has 1 atom stereocenters. The van der Waals surface area contributed by atoms with Gasteiger partial charge in [-0.15, -0.1) is 0 Å². The minimum Gasteiger partial charge on any atom is -0.340 e. The van der Waals surface area contributed by atoms with Gasteiger partial charge in [0.1, 0.15) is 0 Å². The predicted octanol–water partition coefficient (Wildman–Crippen LogP) is 14.0. The average molecular weight is 894 g/mol. The molecule has 11 nitrogen and oxygen atoms in total. The minimum absolute atomic E-state index is 0.109. The minimum atomic E-state index is -0.466. The Hall–Kier alpha value is -6.10. The molecule has 0 radical (unpaired) electrons. The maximum Gasteiger partial charge on any atom is 0.331 e. The van der Waals surface area contributed by atoms with Crippen LogP contribution < -0.4 is 0 Å². The van der Waals surface area contributed by atoms with Gasteiger partial charge in [0.05, 0.1) is 28.2 Å². The molecule has 11 heteroatoms. The highest BCUT2D eigenvalue weighted by atomic mass is 16.7. The molecule has 0 saturated carbocycles. The van der Waals surface area contributed by atoms with Gasteiger partial charge in [-0.3, -0.25) is 0 Å². The molecular weight excluding hydrogens is 827 g/mol. The zero-order valence-corrected chi connectivity index (χ0v) is 40.6. The van der Waals surface area contributed by atoms with Crippen molar-refractivity contribution in [2.45, 2.75) is 165 Å². The summed E-state index contributed by atoms with van der Waals surface area (Å²) in [7, 11) is 0. The Balaban J connectivity index is 1.70. The molecule has 6 aromatic rings. The zero-order chi connectivity index (χ0) is 47.1. The van der Waals surface area contributed by atoms with Crippen molar-refractivity contribution in [3.63, 3.8) is 0 Å². The van der Waals surface area contributed by atoms with Crippen LogP contribution in [0.2, 0.25) is 0 Å². The highest BCUT2D eigenvalue weighted by molar-refractivity contribution is 6.31. The summed E-state index contributed by atoms with van der Waals surface area (Å²) in [6.07, 6.45) is 14.5. The first-order chi connectivity index (χ1) is 31.9. The molecule has 348 valence electrons. The van der Waals surface area contributed by atoms with E-state index in [1.54, 1.807) is 0 Å². The van der Waals surface area contributed by atoms with Crippen LogP contribution in [0.25, 0.3) is 54.7 Å². The first kappa shape index (κ1) is 47.9. The zero-order valence-electron chi connectivity index (χ0n) is 40.6. The fourth-order valence-electron chi connectivity index (χ4n) is 10.0. The molecule has 0 amide bonds. The fourth-order valence-corrected chi connectivity index (χ4v) is 10.0. The van der Waals surface area contributed by atoms with E-state index in [2.05, 4.69) is 100.0 Å². The number of aryl methyl sites for hydroxylation is 2. The SMILES string of the molecule is CCCCCCC1c2ccc(/C(C)=N/OC(C)=O)cc2-c2c1c1c3cc(/C(C)=N/OC(C)=O)ccc3n(CCCCCC)c1c1c3cc(/C(C)=N/OC(C)=O)ccc3n(CCCCCC)c21. The Morgan fingerprint density at radius 1 is 0.515 bits per heavy atom. The molecule has 1 unspecified atom stereocenters. The lowest BCUT2D eigenvalue weighted by atomic mass is 9.87. The number of oxime groups is 3. The second-order valence-corrected chi connectivity index (χ2v) is 18.1. The lowest BCUT2D eigenvalue weighted by molar-refractivity contribution is -0.141. The van der Waals surface area contributed by atoms with Crippen molar-refractivity contribution >= 4 is 78.7 Å². The predicted molar refractivity (Wildman–Crippen MR) is 269 cm³/mol. The fraction of sp³-hybridized carbons (Fsp3) is 0.455. The molecule has 4 aromatic carbocycles. The largest absolute Gasteiger partial charge is 0.340 e. The molecular formula is C55H67N5O6. The summed E-state index contributed by atoms with van der Waals surface area (Å²) in [5.74, 6) is -1.28. The number of fused-ring (bicyclic) bond motifs is 12. The summed E-state index contributed by atoms with van der Waals surface area (Å²) in [6.45, 7) is 18.2. The molecule has 2 heterocycles. The van der Waals surface area contributed by atoms with E-state index in [4.69, 9.17) is 14.5 Å². The highest BCUT2D eigenvalue weighted by Gasteiger charge is 2.37. The number of carbonyl (C=O) groups is 3. The van der Waals surface area contributed by atoms with E-state index in [0.29, 0.717) is 17.1 Å². The van der Waals surface area contributed by atoms with Gasteiger partial charge in [0.2, 0.25) is 0 Å². The molecule has 0 aliphatic heterocycles. The highest BCUT2D eigenvalue weighted by Crippen LogP contribution is 2.57. The van der Waals surface area contributed by atoms with Crippen LogP contribution in [0.5, 0.6) is 0 Å². The van der Waals surface area contributed by atoms with E-state index in [1.165, 1.54) is 71.3 Å². The lowest BCUT2D eigenvalue weighted by Crippen LogP contribution is -2.03. The van der Waals surface area contributed by atoms with Gasteiger partial charge >= 0.3 is 17.9 Å². The van der Waals surface area contributed by atoms with Crippen LogP contribution in [-0.2, 0) is 42.0 Å². The first-order valence-corrected chi connectivity index (χ1v) is 24.3. The molecule has 1 aliphatic carbocycles. The van der Waals surface area contributed by atoms with Gasteiger partial charge in [0, 0.05) is 77.9 Å². The molecule has 0 bridgehead atoms. The monoisotopic (exact) mass is 894 g/mol. The Kier molecular flexibility index (Phi) is 15.6. The van der Waals surface area contributed by atoms with Gasteiger partial charge in [-0.05, 0) is 104 Å². The summed E-state index contributed by atoms with van der Waals surface area (Å²) in [5.41, 5.74) is 14.3. The maximum atomic E-state index is 11.9. The number of nitrogens with zero attached hydrogens (tertiary/aromatic N) is 5. The number of carbonyl (C=O) groups excluding carboxylic acids is 3. The molecule has 0 spiro atoms. The summed E-state index contributed by atoms with van der Waals surface area (Å²) >= 11 is 0. The van der Waals surface area contributed by atoms with Crippen molar-refractivity contribution in [3.8, 4) is 11.1 Å². The van der Waals surface area contributed by atoms with Crippen LogP contribution in [0.15, 0.2) is 70.1 Å². The number of benzene rings is 4. The van der Waals surface area contributed by atoms with Crippen LogP contribution in [0.1, 0.15) is 180 Å². The van der Waals surface area contributed by atoms with Crippen molar-refractivity contribution in [1.82, 2.24) is 9.13 Å². The van der Waals surface area contributed by atoms with Gasteiger partial charge in [-0.1, -0.05) is 125 Å². The van der Waals surface area contributed by atoms with Crippen molar-refractivity contribution < 1.29 is 28.9 Å². The molecule has 7 rings (SSSR count). The Morgan fingerprint density at radius 3 is 1.44 bits per heavy atom. The van der Waals surface area contributed by atoms with E-state index < -0.39 is 17.9 Å². The van der Waals surface area contributed by atoms with E-state index in [1.807, 2.05) is 20.8 Å². The molecule has 0 N–H and O–H groups in total. The molecule has 0 fully saturated rings. The molecule has 66 heavy (non-hydrogen) atoms. The topological polar surface area (TPSA) is 126 Å². The summed E-state index contributed by atoms with van der Waals surface area (Å²) < 4.78 is 5.16. The van der Waals surface area contributed by atoms with Crippen LogP contribution in [0.4, 0.5) is 0 Å². The van der Waals surface area contributed by atoms with Gasteiger partial charge < -0.3 is 23.6 Å². The Morgan fingerprint density at radius 2 is 0.955 bits per heavy atom. The first-order valence-electron chi connectivity index (χ1n) is 24.3. The van der Waals surface area contributed by atoms with Crippen LogP contribution in [-0.4, -0.2) is 44.2 Å². The molecule has 1 aliphatic rings. The number of aromatic nitrogens is 2. The Bertz CT molecular complexity index is 2890. The average Bonchev–Trinajstić information content (AvgIpc) is 3.92. The van der Waals surface area contributed by atoms with E-state index >= 15 is 0 Å². The summed E-state index contributed by atoms with van der Waals surface area (Å²) in [5, 5.41) is 17.4.